The van der Waals surface area contributed by atoms with Crippen LogP contribution in [0.4, 0.5) is 10.1 Å². The van der Waals surface area contributed by atoms with Gasteiger partial charge in [0.25, 0.3) is 10.0 Å². The molecule has 2 aromatic rings. The molecule has 0 radical (unpaired) electrons. The van der Waals surface area contributed by atoms with Gasteiger partial charge in [0.2, 0.25) is 5.91 Å². The minimum absolute atomic E-state index is 0.0760. The highest BCUT2D eigenvalue weighted by Crippen LogP contribution is 2.23. The summed E-state index contributed by atoms with van der Waals surface area (Å²) < 4.78 is 45.8. The van der Waals surface area contributed by atoms with Gasteiger partial charge >= 0.3 is 0 Å². The number of ether oxygens (including phenoxy) is 1. The summed E-state index contributed by atoms with van der Waals surface area (Å²) >= 11 is 0. The molecule has 0 saturated carbocycles. The molecule has 1 N–H and O–H groups in total. The van der Waals surface area contributed by atoms with Crippen LogP contribution in [0.15, 0.2) is 59.5 Å². The van der Waals surface area contributed by atoms with Crippen LogP contribution in [0.3, 0.4) is 0 Å². The summed E-state index contributed by atoms with van der Waals surface area (Å²) in [6.07, 6.45) is 0.766. The fourth-order valence-corrected chi connectivity index (χ4v) is 4.61. The predicted octanol–water partition coefficient (Wildman–Crippen LogP) is 1.86. The van der Waals surface area contributed by atoms with Crippen molar-refractivity contribution in [1.82, 2.24) is 10.2 Å². The van der Waals surface area contributed by atoms with Crippen molar-refractivity contribution < 1.29 is 22.3 Å². The molecular formula is C21H26FN3O4S. The lowest BCUT2D eigenvalue weighted by Crippen LogP contribution is -2.42. The number of sulfonamides is 1. The van der Waals surface area contributed by atoms with E-state index in [-0.39, 0.29) is 11.4 Å². The molecule has 0 aromatic heterocycles. The maximum absolute atomic E-state index is 13.2. The van der Waals surface area contributed by atoms with Crippen molar-refractivity contribution in [2.45, 2.75) is 11.3 Å². The van der Waals surface area contributed by atoms with E-state index in [9.17, 15) is 17.6 Å². The smallest absolute Gasteiger partial charge is 0.264 e. The standard InChI is InChI=1S/C21H26FN3O4S/c22-18-7-9-20(10-8-18)30(27,28)25(19-5-2-1-3-6-19)17-21(26)23-11-4-12-24-13-15-29-16-14-24/h1-3,5-10H,4,11-17H2,(H,23,26). The van der Waals surface area contributed by atoms with Crippen LogP contribution >= 0.6 is 0 Å². The predicted molar refractivity (Wildman–Crippen MR) is 112 cm³/mol. The second-order valence-corrected chi connectivity index (χ2v) is 8.82. The van der Waals surface area contributed by atoms with Gasteiger partial charge in [-0.25, -0.2) is 12.8 Å². The van der Waals surface area contributed by atoms with E-state index in [2.05, 4.69) is 10.2 Å². The van der Waals surface area contributed by atoms with Gasteiger partial charge in [-0.05, 0) is 49.4 Å². The van der Waals surface area contributed by atoms with E-state index in [0.717, 1.165) is 55.7 Å². The molecule has 0 atom stereocenters. The molecule has 1 aliphatic heterocycles. The minimum Gasteiger partial charge on any atom is -0.379 e. The van der Waals surface area contributed by atoms with Crippen molar-refractivity contribution >= 4 is 21.6 Å². The van der Waals surface area contributed by atoms with Gasteiger partial charge < -0.3 is 10.1 Å². The van der Waals surface area contributed by atoms with E-state index < -0.39 is 21.7 Å². The first-order chi connectivity index (χ1) is 14.5. The Balaban J connectivity index is 1.64. The number of hydrogen-bond acceptors (Lipinski definition) is 5. The van der Waals surface area contributed by atoms with Crippen molar-refractivity contribution in [2.75, 3.05) is 50.2 Å². The number of hydrogen-bond donors (Lipinski definition) is 1. The molecule has 1 aliphatic rings. The number of carbonyl (C=O) groups excluding carboxylic acids is 1. The molecule has 0 unspecified atom stereocenters. The van der Waals surface area contributed by atoms with E-state index in [1.165, 1.54) is 12.1 Å². The Morgan fingerprint density at radius 3 is 2.40 bits per heavy atom. The molecule has 3 rings (SSSR count). The topological polar surface area (TPSA) is 79.0 Å². The van der Waals surface area contributed by atoms with Gasteiger partial charge in [0.1, 0.15) is 12.4 Å². The number of carbonyl (C=O) groups is 1. The lowest BCUT2D eigenvalue weighted by molar-refractivity contribution is -0.119. The number of nitrogens with one attached hydrogen (secondary N) is 1. The quantitative estimate of drug-likeness (QED) is 0.609. The van der Waals surface area contributed by atoms with E-state index in [1.807, 2.05) is 0 Å². The summed E-state index contributed by atoms with van der Waals surface area (Å²) in [7, 11) is -4.03. The normalized spacial score (nSPS) is 15.0. The minimum atomic E-state index is -4.03. The summed E-state index contributed by atoms with van der Waals surface area (Å²) in [4.78, 5) is 14.7. The lowest BCUT2D eigenvalue weighted by atomic mass is 10.3. The Hall–Kier alpha value is -2.49. The summed E-state index contributed by atoms with van der Waals surface area (Å²) in [6.45, 7) is 4.15. The van der Waals surface area contributed by atoms with Crippen LogP contribution in [-0.2, 0) is 19.6 Å². The average molecular weight is 436 g/mol. The molecule has 1 amide bonds. The maximum atomic E-state index is 13.2. The Morgan fingerprint density at radius 1 is 1.07 bits per heavy atom. The molecule has 7 nitrogen and oxygen atoms in total. The zero-order valence-electron chi connectivity index (χ0n) is 16.7. The van der Waals surface area contributed by atoms with Crippen LogP contribution < -0.4 is 9.62 Å². The number of amides is 1. The van der Waals surface area contributed by atoms with Gasteiger partial charge in [-0.2, -0.15) is 0 Å². The van der Waals surface area contributed by atoms with Crippen LogP contribution in [0.5, 0.6) is 0 Å². The molecule has 1 fully saturated rings. The van der Waals surface area contributed by atoms with Crippen molar-refractivity contribution in [3.05, 3.63) is 60.4 Å². The lowest BCUT2D eigenvalue weighted by Gasteiger charge is -2.26. The van der Waals surface area contributed by atoms with E-state index in [0.29, 0.717) is 12.2 Å². The largest absolute Gasteiger partial charge is 0.379 e. The Kier molecular flexibility index (Phi) is 7.78. The van der Waals surface area contributed by atoms with E-state index >= 15 is 0 Å². The van der Waals surface area contributed by atoms with Gasteiger partial charge in [0.15, 0.2) is 0 Å². The van der Waals surface area contributed by atoms with E-state index in [4.69, 9.17) is 4.74 Å². The summed E-state index contributed by atoms with van der Waals surface area (Å²) in [5.74, 6) is -0.926. The highest BCUT2D eigenvalue weighted by molar-refractivity contribution is 7.92. The molecule has 0 spiro atoms. The van der Waals surface area contributed by atoms with Crippen LogP contribution in [0.2, 0.25) is 0 Å². The average Bonchev–Trinajstić information content (AvgIpc) is 2.76. The second-order valence-electron chi connectivity index (χ2n) is 6.96. The number of para-hydroxylation sites is 1. The van der Waals surface area contributed by atoms with Gasteiger partial charge in [-0.1, -0.05) is 18.2 Å². The number of rotatable bonds is 9. The molecule has 1 saturated heterocycles. The number of nitrogens with zero attached hydrogens (tertiary/aromatic N) is 2. The highest BCUT2D eigenvalue weighted by Gasteiger charge is 2.27. The van der Waals surface area contributed by atoms with Crippen molar-refractivity contribution in [2.24, 2.45) is 0 Å². The van der Waals surface area contributed by atoms with Crippen molar-refractivity contribution in [3.63, 3.8) is 0 Å². The Bertz CT molecular complexity index is 917. The molecule has 30 heavy (non-hydrogen) atoms. The SMILES string of the molecule is O=C(CN(c1ccccc1)S(=O)(=O)c1ccc(F)cc1)NCCCN1CCOCC1. The molecule has 162 valence electrons. The fourth-order valence-electron chi connectivity index (χ4n) is 3.18. The third-order valence-electron chi connectivity index (χ3n) is 4.81. The van der Waals surface area contributed by atoms with Crippen LogP contribution in [0, 0.1) is 5.82 Å². The first-order valence-electron chi connectivity index (χ1n) is 9.87. The molecule has 1 heterocycles. The zero-order valence-corrected chi connectivity index (χ0v) is 17.5. The zero-order chi connectivity index (χ0) is 21.4. The Labute approximate surface area is 176 Å². The molecule has 2 aromatic carbocycles. The monoisotopic (exact) mass is 435 g/mol. The molecule has 9 heteroatoms. The van der Waals surface area contributed by atoms with E-state index in [1.54, 1.807) is 30.3 Å². The second kappa shape index (κ2) is 10.5. The molecule has 0 bridgehead atoms. The third-order valence-corrected chi connectivity index (χ3v) is 6.60. The number of benzene rings is 2. The third kappa shape index (κ3) is 6.01. The summed E-state index contributed by atoms with van der Waals surface area (Å²) in [5.41, 5.74) is 0.366. The van der Waals surface area contributed by atoms with Crippen LogP contribution in [0.1, 0.15) is 6.42 Å². The van der Waals surface area contributed by atoms with Crippen molar-refractivity contribution in [1.29, 1.82) is 0 Å². The van der Waals surface area contributed by atoms with Gasteiger partial charge in [-0.3, -0.25) is 14.0 Å². The highest BCUT2D eigenvalue weighted by atomic mass is 32.2. The summed E-state index contributed by atoms with van der Waals surface area (Å²) in [6, 6.07) is 13.0. The first-order valence-corrected chi connectivity index (χ1v) is 11.3. The Morgan fingerprint density at radius 2 is 1.73 bits per heavy atom. The maximum Gasteiger partial charge on any atom is 0.264 e. The fraction of sp³-hybridized carbons (Fsp3) is 0.381. The van der Waals surface area contributed by atoms with Crippen molar-refractivity contribution in [3.8, 4) is 0 Å². The van der Waals surface area contributed by atoms with Gasteiger partial charge in [0.05, 0.1) is 23.8 Å². The van der Waals surface area contributed by atoms with Gasteiger partial charge in [0, 0.05) is 19.6 Å². The summed E-state index contributed by atoms with van der Waals surface area (Å²) in [5, 5.41) is 2.79. The number of anilines is 1. The van der Waals surface area contributed by atoms with Crippen LogP contribution in [-0.4, -0.2) is 65.2 Å². The number of morpholine rings is 1. The molecule has 0 aliphatic carbocycles. The number of halogens is 1. The first kappa shape index (κ1) is 22.2. The van der Waals surface area contributed by atoms with Gasteiger partial charge in [-0.15, -0.1) is 0 Å². The molecular weight excluding hydrogens is 409 g/mol. The van der Waals surface area contributed by atoms with Crippen LogP contribution in [0.25, 0.3) is 0 Å².